The van der Waals surface area contributed by atoms with Crippen molar-refractivity contribution in [1.29, 1.82) is 0 Å². The molecule has 1 aromatic heterocycles. The Bertz CT molecular complexity index is 766. The van der Waals surface area contributed by atoms with E-state index in [-0.39, 0.29) is 17.6 Å². The number of nitrogens with zero attached hydrogens (tertiary/aromatic N) is 1. The van der Waals surface area contributed by atoms with Crippen LogP contribution < -0.4 is 5.32 Å². The number of aryl methyl sites for hydroxylation is 1. The second-order valence-corrected chi connectivity index (χ2v) is 9.33. The maximum atomic E-state index is 12.6. The van der Waals surface area contributed by atoms with Crippen molar-refractivity contribution in [3.8, 4) is 0 Å². The van der Waals surface area contributed by atoms with E-state index < -0.39 is 0 Å². The van der Waals surface area contributed by atoms with Crippen molar-refractivity contribution in [2.24, 2.45) is 0 Å². The zero-order chi connectivity index (χ0) is 18.0. The van der Waals surface area contributed by atoms with Gasteiger partial charge in [0.1, 0.15) is 5.69 Å². The molecular formula is C20H24N2O2S2. The van der Waals surface area contributed by atoms with Crippen LogP contribution in [-0.2, 0) is 11.2 Å². The van der Waals surface area contributed by atoms with Gasteiger partial charge in [-0.15, -0.1) is 11.3 Å². The second-order valence-electron chi connectivity index (χ2n) is 7.29. The van der Waals surface area contributed by atoms with E-state index in [1.54, 1.807) is 11.3 Å². The molecule has 1 amide bonds. The number of ether oxygens (including phenoxy) is 1. The molecular weight excluding hydrogens is 364 g/mol. The van der Waals surface area contributed by atoms with Crippen LogP contribution in [0.5, 0.6) is 0 Å². The molecule has 2 unspecified atom stereocenters. The Morgan fingerprint density at radius 1 is 1.38 bits per heavy atom. The van der Waals surface area contributed by atoms with Gasteiger partial charge >= 0.3 is 0 Å². The molecule has 0 radical (unpaired) electrons. The lowest BCUT2D eigenvalue weighted by atomic mass is 9.90. The van der Waals surface area contributed by atoms with E-state index in [1.807, 2.05) is 17.1 Å². The van der Waals surface area contributed by atoms with Gasteiger partial charge in [-0.1, -0.05) is 29.8 Å². The lowest BCUT2D eigenvalue weighted by Gasteiger charge is -2.37. The van der Waals surface area contributed by atoms with Gasteiger partial charge in [0, 0.05) is 30.2 Å². The Morgan fingerprint density at radius 2 is 2.23 bits per heavy atom. The number of rotatable bonds is 4. The molecule has 2 atom stereocenters. The summed E-state index contributed by atoms with van der Waals surface area (Å²) >= 11 is 3.51. The molecule has 0 bridgehead atoms. The third-order valence-corrected chi connectivity index (χ3v) is 7.23. The largest absolute Gasteiger partial charge is 0.374 e. The fourth-order valence-electron chi connectivity index (χ4n) is 3.65. The lowest BCUT2D eigenvalue weighted by Crippen LogP contribution is -2.48. The molecule has 1 N–H and O–H groups in total. The molecule has 6 heteroatoms. The van der Waals surface area contributed by atoms with E-state index in [1.165, 1.54) is 11.1 Å². The highest BCUT2D eigenvalue weighted by Crippen LogP contribution is 2.38. The number of amides is 1. The number of hydrogen-bond donors (Lipinski definition) is 1. The number of benzene rings is 1. The van der Waals surface area contributed by atoms with Crippen LogP contribution in [0.15, 0.2) is 29.6 Å². The van der Waals surface area contributed by atoms with E-state index in [0.29, 0.717) is 5.69 Å². The van der Waals surface area contributed by atoms with E-state index >= 15 is 0 Å². The minimum absolute atomic E-state index is 0.0143. The van der Waals surface area contributed by atoms with Gasteiger partial charge in [-0.05, 0) is 37.5 Å². The molecule has 1 aromatic carbocycles. The van der Waals surface area contributed by atoms with Crippen molar-refractivity contribution in [1.82, 2.24) is 10.3 Å². The number of thiazole rings is 1. The van der Waals surface area contributed by atoms with Crippen molar-refractivity contribution < 1.29 is 9.53 Å². The average molecular weight is 389 g/mol. The molecule has 4 nitrogen and oxygen atoms in total. The first-order valence-electron chi connectivity index (χ1n) is 9.14. The molecule has 0 saturated carbocycles. The first-order chi connectivity index (χ1) is 12.6. The van der Waals surface area contributed by atoms with Crippen LogP contribution in [0.4, 0.5) is 0 Å². The van der Waals surface area contributed by atoms with Crippen LogP contribution in [0, 0.1) is 6.92 Å². The Morgan fingerprint density at radius 3 is 3.00 bits per heavy atom. The topological polar surface area (TPSA) is 51.2 Å². The van der Waals surface area contributed by atoms with Gasteiger partial charge in [-0.3, -0.25) is 4.79 Å². The molecule has 4 rings (SSSR count). The van der Waals surface area contributed by atoms with Crippen LogP contribution >= 0.6 is 23.1 Å². The Kier molecular flexibility index (Phi) is 5.34. The highest BCUT2D eigenvalue weighted by molar-refractivity contribution is 7.99. The lowest BCUT2D eigenvalue weighted by molar-refractivity contribution is -0.0688. The van der Waals surface area contributed by atoms with Crippen LogP contribution in [-0.4, -0.2) is 40.6 Å². The summed E-state index contributed by atoms with van der Waals surface area (Å²) in [5.41, 5.74) is 3.00. The number of thioether (sulfide) groups is 1. The number of aromatic nitrogens is 1. The maximum absolute atomic E-state index is 12.6. The summed E-state index contributed by atoms with van der Waals surface area (Å²) in [6.45, 7) is 2.82. The molecule has 2 aromatic rings. The first kappa shape index (κ1) is 18.0. The summed E-state index contributed by atoms with van der Waals surface area (Å²) < 4.78 is 6.04. The molecule has 2 saturated heterocycles. The van der Waals surface area contributed by atoms with Crippen LogP contribution in [0.25, 0.3) is 0 Å². The predicted octanol–water partition coefficient (Wildman–Crippen LogP) is 3.83. The third kappa shape index (κ3) is 4.13. The van der Waals surface area contributed by atoms with Crippen LogP contribution in [0.2, 0.25) is 0 Å². The molecule has 26 heavy (non-hydrogen) atoms. The van der Waals surface area contributed by atoms with Crippen molar-refractivity contribution in [2.45, 2.75) is 44.2 Å². The molecule has 2 aliphatic rings. The van der Waals surface area contributed by atoms with Gasteiger partial charge in [0.2, 0.25) is 0 Å². The monoisotopic (exact) mass is 388 g/mol. The van der Waals surface area contributed by atoms with E-state index in [9.17, 15) is 4.79 Å². The van der Waals surface area contributed by atoms with Crippen molar-refractivity contribution in [2.75, 3.05) is 18.1 Å². The maximum Gasteiger partial charge on any atom is 0.270 e. The van der Waals surface area contributed by atoms with Gasteiger partial charge in [0.15, 0.2) is 0 Å². The highest BCUT2D eigenvalue weighted by atomic mass is 32.2. The van der Waals surface area contributed by atoms with Gasteiger partial charge < -0.3 is 10.1 Å². The zero-order valence-electron chi connectivity index (χ0n) is 15.0. The van der Waals surface area contributed by atoms with Crippen LogP contribution in [0.3, 0.4) is 0 Å². The fraction of sp³-hybridized carbons (Fsp3) is 0.500. The fourth-order valence-corrected chi connectivity index (χ4v) is 5.84. The minimum atomic E-state index is -0.0518. The number of carbonyl (C=O) groups is 1. The molecule has 3 heterocycles. The third-order valence-electron chi connectivity index (χ3n) is 5.16. The van der Waals surface area contributed by atoms with Gasteiger partial charge in [-0.2, -0.15) is 11.8 Å². The Hall–Kier alpha value is -1.37. The van der Waals surface area contributed by atoms with Crippen molar-refractivity contribution in [3.05, 3.63) is 51.5 Å². The molecule has 1 spiro atoms. The van der Waals surface area contributed by atoms with Gasteiger partial charge in [0.25, 0.3) is 5.91 Å². The first-order valence-corrected chi connectivity index (χ1v) is 11.2. The molecule has 0 aliphatic carbocycles. The zero-order valence-corrected chi connectivity index (χ0v) is 16.6. The van der Waals surface area contributed by atoms with Crippen molar-refractivity contribution >= 4 is 29.0 Å². The summed E-state index contributed by atoms with van der Waals surface area (Å²) in [7, 11) is 0. The molecule has 2 aliphatic heterocycles. The van der Waals surface area contributed by atoms with Gasteiger partial charge in [0.05, 0.1) is 10.6 Å². The van der Waals surface area contributed by atoms with Gasteiger partial charge in [-0.25, -0.2) is 4.98 Å². The van der Waals surface area contributed by atoms with E-state index in [4.69, 9.17) is 4.74 Å². The quantitative estimate of drug-likeness (QED) is 0.865. The van der Waals surface area contributed by atoms with E-state index in [2.05, 4.69) is 41.5 Å². The Balaban J connectivity index is 1.36. The number of carbonyl (C=O) groups excluding carboxylic acids is 1. The van der Waals surface area contributed by atoms with E-state index in [0.717, 1.165) is 48.8 Å². The smallest absolute Gasteiger partial charge is 0.270 e. The summed E-state index contributed by atoms with van der Waals surface area (Å²) in [6, 6.07) is 8.66. The number of nitrogens with one attached hydrogen (secondary N) is 1. The summed E-state index contributed by atoms with van der Waals surface area (Å²) in [4.78, 5) is 17.2. The number of hydrogen-bond acceptors (Lipinski definition) is 5. The molecule has 138 valence electrons. The predicted molar refractivity (Wildman–Crippen MR) is 107 cm³/mol. The summed E-state index contributed by atoms with van der Waals surface area (Å²) in [6.07, 6.45) is 3.68. The second kappa shape index (κ2) is 7.71. The van der Waals surface area contributed by atoms with Crippen LogP contribution in [0.1, 0.15) is 45.9 Å². The average Bonchev–Trinajstić information content (AvgIpc) is 3.27. The van der Waals surface area contributed by atoms with Crippen molar-refractivity contribution in [3.63, 3.8) is 0 Å². The SMILES string of the molecule is Cc1ccc(Cc2nc(C(=O)NC3CCOC4(CCSC4)C3)cs2)cc1. The summed E-state index contributed by atoms with van der Waals surface area (Å²) in [5.74, 6) is 2.16. The highest BCUT2D eigenvalue weighted by Gasteiger charge is 2.40. The Labute approximate surface area is 162 Å². The minimum Gasteiger partial charge on any atom is -0.374 e. The summed E-state index contributed by atoms with van der Waals surface area (Å²) in [5, 5.41) is 6.04. The standard InChI is InChI=1S/C20H24N2O2S2/c1-14-2-4-15(5-3-14)10-18-22-17(12-26-18)19(23)21-16-6-8-24-20(11-16)7-9-25-13-20/h2-5,12,16H,6-11,13H2,1H3,(H,21,23). The molecule has 2 fully saturated rings. The normalized spacial score (nSPS) is 25.5.